The van der Waals surface area contributed by atoms with E-state index in [1.165, 1.54) is 0 Å². The second-order valence-corrected chi connectivity index (χ2v) is 6.19. The Morgan fingerprint density at radius 2 is 2.13 bits per heavy atom. The van der Waals surface area contributed by atoms with Gasteiger partial charge >= 0.3 is 5.69 Å². The van der Waals surface area contributed by atoms with E-state index in [4.69, 9.17) is 0 Å². The number of rotatable bonds is 7. The highest BCUT2D eigenvalue weighted by Gasteiger charge is 2.07. The fraction of sp³-hybridized carbons (Fsp3) is 0.353. The van der Waals surface area contributed by atoms with Crippen molar-refractivity contribution in [3.63, 3.8) is 0 Å². The smallest absolute Gasteiger partial charge is 0.310 e. The highest BCUT2D eigenvalue weighted by molar-refractivity contribution is 9.09. The molecule has 2 rings (SSSR count). The van der Waals surface area contributed by atoms with Gasteiger partial charge in [-0.3, -0.25) is 9.36 Å². The maximum absolute atomic E-state index is 12.0. The SMILES string of the molecule is Cc1cccc(CC(=O)Nc2ccn(CCCCBr)c(=O)n2)c1. The highest BCUT2D eigenvalue weighted by Crippen LogP contribution is 2.06. The quantitative estimate of drug-likeness (QED) is 0.595. The number of alkyl halides is 1. The lowest BCUT2D eigenvalue weighted by molar-refractivity contribution is -0.115. The van der Waals surface area contributed by atoms with E-state index in [1.807, 2.05) is 31.2 Å². The van der Waals surface area contributed by atoms with Gasteiger partial charge in [-0.15, -0.1) is 0 Å². The van der Waals surface area contributed by atoms with Crippen molar-refractivity contribution < 1.29 is 4.79 Å². The molecule has 0 aliphatic carbocycles. The molecule has 5 nitrogen and oxygen atoms in total. The molecule has 1 heterocycles. The van der Waals surface area contributed by atoms with Crippen LogP contribution in [0.2, 0.25) is 0 Å². The molecule has 0 aliphatic heterocycles. The second kappa shape index (κ2) is 8.62. The highest BCUT2D eigenvalue weighted by atomic mass is 79.9. The third kappa shape index (κ3) is 5.63. The van der Waals surface area contributed by atoms with Gasteiger partial charge in [0.2, 0.25) is 5.91 Å². The third-order valence-corrected chi connectivity index (χ3v) is 3.93. The fourth-order valence-electron chi connectivity index (χ4n) is 2.24. The minimum atomic E-state index is -0.340. The normalized spacial score (nSPS) is 10.5. The van der Waals surface area contributed by atoms with Gasteiger partial charge in [-0.05, 0) is 31.4 Å². The lowest BCUT2D eigenvalue weighted by Crippen LogP contribution is -2.25. The van der Waals surface area contributed by atoms with Crippen molar-refractivity contribution >= 4 is 27.7 Å². The number of hydrogen-bond donors (Lipinski definition) is 1. The minimum Gasteiger partial charge on any atom is -0.310 e. The van der Waals surface area contributed by atoms with E-state index in [-0.39, 0.29) is 18.0 Å². The Kier molecular flexibility index (Phi) is 6.52. The summed E-state index contributed by atoms with van der Waals surface area (Å²) >= 11 is 3.36. The van der Waals surface area contributed by atoms with Crippen molar-refractivity contribution in [3.05, 3.63) is 58.1 Å². The molecule has 0 spiro atoms. The standard InChI is InChI=1S/C17H20BrN3O2/c1-13-5-4-6-14(11-13)12-16(22)19-15-7-10-21(17(23)20-15)9-3-2-8-18/h4-7,10-11H,2-3,8-9,12H2,1H3,(H,19,20,22,23). The summed E-state index contributed by atoms with van der Waals surface area (Å²) in [6, 6.07) is 9.43. The number of carbonyl (C=O) groups excluding carboxylic acids is 1. The average Bonchev–Trinajstić information content (AvgIpc) is 2.49. The molecule has 1 amide bonds. The Balaban J connectivity index is 1.96. The first kappa shape index (κ1) is 17.4. The summed E-state index contributed by atoms with van der Waals surface area (Å²) in [5.74, 6) is 0.115. The van der Waals surface area contributed by atoms with Gasteiger partial charge < -0.3 is 5.32 Å². The molecule has 0 fully saturated rings. The number of nitrogens with one attached hydrogen (secondary N) is 1. The summed E-state index contributed by atoms with van der Waals surface area (Å²) in [7, 11) is 0. The summed E-state index contributed by atoms with van der Waals surface area (Å²) in [6.45, 7) is 2.62. The van der Waals surface area contributed by atoms with E-state index in [0.29, 0.717) is 12.4 Å². The number of carbonyl (C=O) groups is 1. The fourth-order valence-corrected chi connectivity index (χ4v) is 2.64. The molecule has 1 aromatic carbocycles. The molecule has 1 N–H and O–H groups in total. The molecular formula is C17H20BrN3O2. The molecule has 0 aliphatic rings. The summed E-state index contributed by atoms with van der Waals surface area (Å²) in [6.07, 6.45) is 3.84. The number of hydrogen-bond acceptors (Lipinski definition) is 3. The lowest BCUT2D eigenvalue weighted by atomic mass is 10.1. The van der Waals surface area contributed by atoms with E-state index in [2.05, 4.69) is 26.2 Å². The number of nitrogens with zero attached hydrogens (tertiary/aromatic N) is 2. The van der Waals surface area contributed by atoms with Crippen LogP contribution in [0.4, 0.5) is 5.82 Å². The molecule has 0 saturated carbocycles. The number of aromatic nitrogens is 2. The van der Waals surface area contributed by atoms with Crippen LogP contribution < -0.4 is 11.0 Å². The van der Waals surface area contributed by atoms with Crippen LogP contribution in [0.25, 0.3) is 0 Å². The predicted octanol–water partition coefficient (Wildman–Crippen LogP) is 2.91. The van der Waals surface area contributed by atoms with Gasteiger partial charge in [0.15, 0.2) is 0 Å². The first-order chi connectivity index (χ1) is 11.1. The molecule has 0 radical (unpaired) electrons. The topological polar surface area (TPSA) is 64.0 Å². The van der Waals surface area contributed by atoms with Gasteiger partial charge in [-0.1, -0.05) is 45.8 Å². The van der Waals surface area contributed by atoms with Crippen molar-refractivity contribution in [1.29, 1.82) is 0 Å². The Labute approximate surface area is 143 Å². The molecule has 1 aromatic heterocycles. The van der Waals surface area contributed by atoms with Crippen molar-refractivity contribution in [2.75, 3.05) is 10.6 Å². The lowest BCUT2D eigenvalue weighted by Gasteiger charge is -2.07. The first-order valence-electron chi connectivity index (χ1n) is 7.57. The molecule has 122 valence electrons. The summed E-state index contributed by atoms with van der Waals surface area (Å²) in [5.41, 5.74) is 1.71. The zero-order chi connectivity index (χ0) is 16.7. The predicted molar refractivity (Wildman–Crippen MR) is 95.0 cm³/mol. The first-order valence-corrected chi connectivity index (χ1v) is 8.69. The maximum atomic E-state index is 12.0. The Bertz CT molecular complexity index is 728. The number of halogens is 1. The number of aryl methyl sites for hydroxylation is 2. The zero-order valence-electron chi connectivity index (χ0n) is 13.1. The van der Waals surface area contributed by atoms with Crippen LogP contribution in [0.15, 0.2) is 41.3 Å². The van der Waals surface area contributed by atoms with Crippen LogP contribution in [0.3, 0.4) is 0 Å². The minimum absolute atomic E-state index is 0.181. The molecule has 2 aromatic rings. The van der Waals surface area contributed by atoms with Crippen molar-refractivity contribution in [2.45, 2.75) is 32.7 Å². The van der Waals surface area contributed by atoms with Crippen LogP contribution in [0.5, 0.6) is 0 Å². The summed E-state index contributed by atoms with van der Waals surface area (Å²) in [4.78, 5) is 27.9. The average molecular weight is 378 g/mol. The number of anilines is 1. The van der Waals surface area contributed by atoms with Gasteiger partial charge in [0.25, 0.3) is 0 Å². The summed E-state index contributed by atoms with van der Waals surface area (Å²) < 4.78 is 1.55. The number of unbranched alkanes of at least 4 members (excludes halogenated alkanes) is 1. The molecule has 0 bridgehead atoms. The number of amides is 1. The van der Waals surface area contributed by atoms with Crippen LogP contribution >= 0.6 is 15.9 Å². The Hall–Kier alpha value is -1.95. The maximum Gasteiger partial charge on any atom is 0.349 e. The number of benzene rings is 1. The molecule has 6 heteroatoms. The van der Waals surface area contributed by atoms with Crippen molar-refractivity contribution in [1.82, 2.24) is 9.55 Å². The zero-order valence-corrected chi connectivity index (χ0v) is 14.7. The van der Waals surface area contributed by atoms with Crippen LogP contribution in [0, 0.1) is 6.92 Å². The van der Waals surface area contributed by atoms with E-state index >= 15 is 0 Å². The van der Waals surface area contributed by atoms with Gasteiger partial charge in [-0.2, -0.15) is 4.98 Å². The van der Waals surface area contributed by atoms with Gasteiger partial charge in [0.1, 0.15) is 5.82 Å². The largest absolute Gasteiger partial charge is 0.349 e. The van der Waals surface area contributed by atoms with Crippen LogP contribution in [-0.4, -0.2) is 20.8 Å². The van der Waals surface area contributed by atoms with Gasteiger partial charge in [0.05, 0.1) is 6.42 Å². The van der Waals surface area contributed by atoms with Crippen LogP contribution in [0.1, 0.15) is 24.0 Å². The Morgan fingerprint density at radius 1 is 1.30 bits per heavy atom. The summed E-state index contributed by atoms with van der Waals surface area (Å²) in [5, 5.41) is 3.59. The molecule has 0 saturated heterocycles. The molecule has 0 atom stereocenters. The van der Waals surface area contributed by atoms with Crippen molar-refractivity contribution in [2.24, 2.45) is 0 Å². The van der Waals surface area contributed by atoms with E-state index in [9.17, 15) is 9.59 Å². The molecular weight excluding hydrogens is 358 g/mol. The van der Waals surface area contributed by atoms with Crippen LogP contribution in [-0.2, 0) is 17.8 Å². The molecule has 0 unspecified atom stereocenters. The van der Waals surface area contributed by atoms with E-state index in [1.54, 1.807) is 16.8 Å². The van der Waals surface area contributed by atoms with Gasteiger partial charge in [0, 0.05) is 18.1 Å². The van der Waals surface area contributed by atoms with Gasteiger partial charge in [-0.25, -0.2) is 4.79 Å². The molecule has 23 heavy (non-hydrogen) atoms. The monoisotopic (exact) mass is 377 g/mol. The second-order valence-electron chi connectivity index (χ2n) is 5.40. The third-order valence-electron chi connectivity index (χ3n) is 3.37. The van der Waals surface area contributed by atoms with Crippen molar-refractivity contribution in [3.8, 4) is 0 Å². The van der Waals surface area contributed by atoms with E-state index < -0.39 is 0 Å². The van der Waals surface area contributed by atoms with E-state index in [0.717, 1.165) is 29.3 Å². The Morgan fingerprint density at radius 3 is 2.83 bits per heavy atom.